The van der Waals surface area contributed by atoms with Gasteiger partial charge in [-0.3, -0.25) is 4.79 Å². The number of hydrogen-bond donors (Lipinski definition) is 2. The molecule has 0 atom stereocenters. The van der Waals surface area contributed by atoms with Gasteiger partial charge >= 0.3 is 6.09 Å². The van der Waals surface area contributed by atoms with Crippen LogP contribution in [-0.4, -0.2) is 35.1 Å². The summed E-state index contributed by atoms with van der Waals surface area (Å²) in [5, 5.41) is 11.9. The number of carboxylic acid groups (broad SMARTS) is 1. The predicted molar refractivity (Wildman–Crippen MR) is 75.7 cm³/mol. The summed E-state index contributed by atoms with van der Waals surface area (Å²) >= 11 is 0. The van der Waals surface area contributed by atoms with Crippen LogP contribution < -0.4 is 5.32 Å². The molecule has 5 heteroatoms. The van der Waals surface area contributed by atoms with Crippen molar-refractivity contribution in [3.8, 4) is 0 Å². The maximum atomic E-state index is 12.4. The molecule has 0 aromatic heterocycles. The van der Waals surface area contributed by atoms with Gasteiger partial charge in [0.1, 0.15) is 0 Å². The van der Waals surface area contributed by atoms with Crippen LogP contribution >= 0.6 is 0 Å². The molecule has 0 aliphatic carbocycles. The molecular weight excluding hydrogens is 256 g/mol. The Kier molecular flexibility index (Phi) is 2.78. The van der Waals surface area contributed by atoms with Crippen molar-refractivity contribution in [3.05, 3.63) is 35.9 Å². The predicted octanol–water partition coefficient (Wildman–Crippen LogP) is 2.29. The SMILES string of the molecule is C=Cc1ccc2c(c1)C1(CCN(C(=O)O)CC1)C(=O)N2. The molecule has 104 valence electrons. The molecule has 2 amide bonds. The van der Waals surface area contributed by atoms with Crippen LogP contribution in [-0.2, 0) is 10.2 Å². The minimum absolute atomic E-state index is 0.0150. The van der Waals surface area contributed by atoms with Gasteiger partial charge in [0.25, 0.3) is 0 Å². The quantitative estimate of drug-likeness (QED) is 0.824. The zero-order valence-electron chi connectivity index (χ0n) is 11.1. The normalized spacial score (nSPS) is 19.6. The summed E-state index contributed by atoms with van der Waals surface area (Å²) in [6, 6.07) is 5.79. The average Bonchev–Trinajstić information content (AvgIpc) is 2.72. The molecule has 1 aromatic rings. The van der Waals surface area contributed by atoms with E-state index >= 15 is 0 Å². The Morgan fingerprint density at radius 1 is 1.40 bits per heavy atom. The highest BCUT2D eigenvalue weighted by molar-refractivity contribution is 6.06. The van der Waals surface area contributed by atoms with E-state index in [1.54, 1.807) is 6.08 Å². The van der Waals surface area contributed by atoms with Gasteiger partial charge in [-0.15, -0.1) is 0 Å². The van der Waals surface area contributed by atoms with Gasteiger partial charge in [-0.1, -0.05) is 18.7 Å². The summed E-state index contributed by atoms with van der Waals surface area (Å²) in [5.41, 5.74) is 2.20. The molecule has 1 spiro atoms. The van der Waals surface area contributed by atoms with Gasteiger partial charge in [0.15, 0.2) is 0 Å². The Balaban J connectivity index is 1.97. The van der Waals surface area contributed by atoms with Crippen molar-refractivity contribution >= 4 is 23.8 Å². The fraction of sp³-hybridized carbons (Fsp3) is 0.333. The van der Waals surface area contributed by atoms with E-state index in [-0.39, 0.29) is 5.91 Å². The van der Waals surface area contributed by atoms with E-state index in [2.05, 4.69) is 11.9 Å². The van der Waals surface area contributed by atoms with Crippen molar-refractivity contribution in [3.63, 3.8) is 0 Å². The topological polar surface area (TPSA) is 69.6 Å². The maximum absolute atomic E-state index is 12.4. The average molecular weight is 272 g/mol. The molecule has 0 bridgehead atoms. The summed E-state index contributed by atoms with van der Waals surface area (Å²) in [6.45, 7) is 4.53. The van der Waals surface area contributed by atoms with E-state index in [1.165, 1.54) is 4.90 Å². The van der Waals surface area contributed by atoms with Gasteiger partial charge < -0.3 is 15.3 Å². The highest BCUT2D eigenvalue weighted by Gasteiger charge is 2.48. The first-order chi connectivity index (χ1) is 9.56. The van der Waals surface area contributed by atoms with Crippen molar-refractivity contribution in [1.82, 2.24) is 4.90 Å². The number of carbonyl (C=O) groups excluding carboxylic acids is 1. The van der Waals surface area contributed by atoms with Crippen LogP contribution in [0.5, 0.6) is 0 Å². The smallest absolute Gasteiger partial charge is 0.407 e. The number of amides is 2. The van der Waals surface area contributed by atoms with Gasteiger partial charge in [-0.25, -0.2) is 4.79 Å². The van der Waals surface area contributed by atoms with Gasteiger partial charge in [0, 0.05) is 18.8 Å². The summed E-state index contributed by atoms with van der Waals surface area (Å²) in [7, 11) is 0. The molecule has 1 aromatic carbocycles. The molecule has 1 saturated heterocycles. The van der Waals surface area contributed by atoms with E-state index in [0.29, 0.717) is 25.9 Å². The molecule has 5 nitrogen and oxygen atoms in total. The Labute approximate surface area is 116 Å². The Morgan fingerprint density at radius 2 is 2.10 bits per heavy atom. The summed E-state index contributed by atoms with van der Waals surface area (Å²) in [5.74, 6) is -0.0150. The molecule has 1 fully saturated rings. The summed E-state index contributed by atoms with van der Waals surface area (Å²) in [4.78, 5) is 24.7. The van der Waals surface area contributed by atoms with Crippen LogP contribution in [0.1, 0.15) is 24.0 Å². The van der Waals surface area contributed by atoms with Crippen molar-refractivity contribution in [2.45, 2.75) is 18.3 Å². The lowest BCUT2D eigenvalue weighted by Gasteiger charge is -2.36. The van der Waals surface area contributed by atoms with Crippen LogP contribution in [0.3, 0.4) is 0 Å². The lowest BCUT2D eigenvalue weighted by atomic mass is 9.73. The second kappa shape index (κ2) is 4.37. The monoisotopic (exact) mass is 272 g/mol. The van der Waals surface area contributed by atoms with E-state index in [4.69, 9.17) is 5.11 Å². The minimum Gasteiger partial charge on any atom is -0.465 e. The molecular formula is C15H16N2O3. The van der Waals surface area contributed by atoms with Crippen LogP contribution in [0.4, 0.5) is 10.5 Å². The third-order valence-electron chi connectivity index (χ3n) is 4.37. The number of nitrogens with zero attached hydrogens (tertiary/aromatic N) is 1. The molecule has 0 unspecified atom stereocenters. The standard InChI is InChI=1S/C15H16N2O3/c1-2-10-3-4-12-11(9-10)15(13(18)16-12)5-7-17(8-6-15)14(19)20/h2-4,9H,1,5-8H2,(H,16,18)(H,19,20). The zero-order valence-corrected chi connectivity index (χ0v) is 11.1. The number of fused-ring (bicyclic) bond motifs is 2. The maximum Gasteiger partial charge on any atom is 0.407 e. The molecule has 2 aliphatic heterocycles. The lowest BCUT2D eigenvalue weighted by Crippen LogP contribution is -2.47. The largest absolute Gasteiger partial charge is 0.465 e. The van der Waals surface area contributed by atoms with Crippen molar-refractivity contribution in [2.75, 3.05) is 18.4 Å². The number of hydrogen-bond acceptors (Lipinski definition) is 2. The van der Waals surface area contributed by atoms with E-state index in [0.717, 1.165) is 16.8 Å². The fourth-order valence-corrected chi connectivity index (χ4v) is 3.13. The fourth-order valence-electron chi connectivity index (χ4n) is 3.13. The summed E-state index contributed by atoms with van der Waals surface area (Å²) < 4.78 is 0. The van der Waals surface area contributed by atoms with Gasteiger partial charge in [0.2, 0.25) is 5.91 Å². The first-order valence-electron chi connectivity index (χ1n) is 6.63. The van der Waals surface area contributed by atoms with Crippen LogP contribution in [0.25, 0.3) is 6.08 Å². The number of rotatable bonds is 1. The molecule has 2 heterocycles. The van der Waals surface area contributed by atoms with E-state index in [1.807, 2.05) is 18.2 Å². The number of piperidine rings is 1. The molecule has 0 radical (unpaired) electrons. The van der Waals surface area contributed by atoms with Crippen molar-refractivity contribution in [1.29, 1.82) is 0 Å². The summed E-state index contributed by atoms with van der Waals surface area (Å²) in [6.07, 6.45) is 1.89. The van der Waals surface area contributed by atoms with E-state index in [9.17, 15) is 9.59 Å². The molecule has 2 aliphatic rings. The number of benzene rings is 1. The Bertz CT molecular complexity index is 601. The van der Waals surface area contributed by atoms with Gasteiger partial charge in [-0.05, 0) is 36.1 Å². The van der Waals surface area contributed by atoms with E-state index < -0.39 is 11.5 Å². The number of carbonyl (C=O) groups is 2. The first kappa shape index (κ1) is 12.7. The van der Waals surface area contributed by atoms with Crippen LogP contribution in [0.2, 0.25) is 0 Å². The third kappa shape index (κ3) is 1.70. The number of nitrogens with one attached hydrogen (secondary N) is 1. The highest BCUT2D eigenvalue weighted by atomic mass is 16.4. The molecule has 2 N–H and O–H groups in total. The lowest BCUT2D eigenvalue weighted by molar-refractivity contribution is -0.122. The first-order valence-corrected chi connectivity index (χ1v) is 6.63. The molecule has 3 rings (SSSR count). The zero-order chi connectivity index (χ0) is 14.3. The van der Waals surface area contributed by atoms with Crippen molar-refractivity contribution in [2.24, 2.45) is 0 Å². The third-order valence-corrected chi connectivity index (χ3v) is 4.37. The highest BCUT2D eigenvalue weighted by Crippen LogP contribution is 2.45. The number of anilines is 1. The molecule has 20 heavy (non-hydrogen) atoms. The van der Waals surface area contributed by atoms with Crippen LogP contribution in [0, 0.1) is 0 Å². The Morgan fingerprint density at radius 3 is 2.70 bits per heavy atom. The number of likely N-dealkylation sites (tertiary alicyclic amines) is 1. The van der Waals surface area contributed by atoms with Crippen LogP contribution in [0.15, 0.2) is 24.8 Å². The van der Waals surface area contributed by atoms with Crippen molar-refractivity contribution < 1.29 is 14.7 Å². The molecule has 0 saturated carbocycles. The van der Waals surface area contributed by atoms with Gasteiger partial charge in [0.05, 0.1) is 5.41 Å². The minimum atomic E-state index is -0.918. The second-order valence-electron chi connectivity index (χ2n) is 5.31. The second-order valence-corrected chi connectivity index (χ2v) is 5.31. The Hall–Kier alpha value is -2.30. The van der Waals surface area contributed by atoms with Gasteiger partial charge in [-0.2, -0.15) is 0 Å².